The predicted octanol–water partition coefficient (Wildman–Crippen LogP) is 2.10. The first kappa shape index (κ1) is 16.2. The van der Waals surface area contributed by atoms with E-state index in [1.807, 2.05) is 24.8 Å². The Kier molecular flexibility index (Phi) is 4.12. The van der Waals surface area contributed by atoms with E-state index in [1.54, 1.807) is 35.3 Å². The van der Waals surface area contributed by atoms with Gasteiger partial charge in [-0.05, 0) is 36.2 Å². The standard InChI is InChI=1S/C15H17N5O3S/c1-10-7-12(19-24(21,22)23)4-3-11(10)8-17-14-5-6-16-15-13(14)9-18-20(15)2/h3-7,9,19H,8H2,1-2H3,(H,16,17)(H,21,22,23). The Morgan fingerprint density at radius 3 is 2.79 bits per heavy atom. The van der Waals surface area contributed by atoms with E-state index < -0.39 is 10.3 Å². The highest BCUT2D eigenvalue weighted by Gasteiger charge is 2.08. The molecule has 3 N–H and O–H groups in total. The Bertz CT molecular complexity index is 998. The Morgan fingerprint density at radius 2 is 2.08 bits per heavy atom. The number of rotatable bonds is 5. The number of hydrogen-bond acceptors (Lipinski definition) is 5. The summed E-state index contributed by atoms with van der Waals surface area (Å²) in [7, 11) is -2.43. The highest BCUT2D eigenvalue weighted by atomic mass is 32.2. The van der Waals surface area contributed by atoms with E-state index >= 15 is 0 Å². The Labute approximate surface area is 139 Å². The zero-order valence-corrected chi connectivity index (χ0v) is 14.0. The molecule has 0 amide bonds. The van der Waals surface area contributed by atoms with Gasteiger partial charge in [0.1, 0.15) is 0 Å². The maximum atomic E-state index is 10.9. The monoisotopic (exact) mass is 347 g/mol. The second-order valence-corrected chi connectivity index (χ2v) is 6.59. The number of fused-ring (bicyclic) bond motifs is 1. The first-order valence-corrected chi connectivity index (χ1v) is 8.63. The van der Waals surface area contributed by atoms with E-state index in [0.717, 1.165) is 27.8 Å². The van der Waals surface area contributed by atoms with Gasteiger partial charge in [0.15, 0.2) is 5.65 Å². The third-order valence-electron chi connectivity index (χ3n) is 3.69. The van der Waals surface area contributed by atoms with Crippen LogP contribution in [0.15, 0.2) is 36.7 Å². The van der Waals surface area contributed by atoms with Crippen LogP contribution in [-0.4, -0.2) is 27.7 Å². The molecule has 0 atom stereocenters. The maximum absolute atomic E-state index is 10.9. The van der Waals surface area contributed by atoms with Crippen molar-refractivity contribution in [3.63, 3.8) is 0 Å². The second kappa shape index (κ2) is 6.10. The lowest BCUT2D eigenvalue weighted by atomic mass is 10.1. The minimum atomic E-state index is -4.27. The van der Waals surface area contributed by atoms with E-state index in [2.05, 4.69) is 15.4 Å². The Morgan fingerprint density at radius 1 is 1.29 bits per heavy atom. The molecule has 0 unspecified atom stereocenters. The summed E-state index contributed by atoms with van der Waals surface area (Å²) < 4.78 is 34.3. The number of hydrogen-bond donors (Lipinski definition) is 3. The number of anilines is 2. The van der Waals surface area contributed by atoms with E-state index in [0.29, 0.717) is 12.2 Å². The third-order valence-corrected chi connectivity index (χ3v) is 4.19. The van der Waals surface area contributed by atoms with Gasteiger partial charge in [-0.15, -0.1) is 0 Å². The Balaban J connectivity index is 1.79. The summed E-state index contributed by atoms with van der Waals surface area (Å²) in [6.07, 6.45) is 3.48. The minimum absolute atomic E-state index is 0.317. The van der Waals surface area contributed by atoms with Crippen LogP contribution >= 0.6 is 0 Å². The van der Waals surface area contributed by atoms with Crippen molar-refractivity contribution in [1.29, 1.82) is 0 Å². The quantitative estimate of drug-likeness (QED) is 0.610. The zero-order valence-electron chi connectivity index (χ0n) is 13.2. The predicted molar refractivity (Wildman–Crippen MR) is 92.2 cm³/mol. The molecule has 0 aliphatic rings. The summed E-state index contributed by atoms with van der Waals surface area (Å²) >= 11 is 0. The molecule has 2 aromatic heterocycles. The van der Waals surface area contributed by atoms with Crippen molar-refractivity contribution in [3.05, 3.63) is 47.8 Å². The average Bonchev–Trinajstić information content (AvgIpc) is 2.87. The lowest BCUT2D eigenvalue weighted by molar-refractivity contribution is 0.489. The van der Waals surface area contributed by atoms with E-state index in [1.165, 1.54) is 0 Å². The summed E-state index contributed by atoms with van der Waals surface area (Å²) in [5.74, 6) is 0. The van der Waals surface area contributed by atoms with Crippen LogP contribution in [0.4, 0.5) is 11.4 Å². The number of nitrogens with one attached hydrogen (secondary N) is 2. The Hall–Kier alpha value is -2.65. The van der Waals surface area contributed by atoms with Crippen LogP contribution in [-0.2, 0) is 23.9 Å². The second-order valence-electron chi connectivity index (χ2n) is 5.44. The van der Waals surface area contributed by atoms with Crippen LogP contribution in [0.2, 0.25) is 0 Å². The van der Waals surface area contributed by atoms with Crippen molar-refractivity contribution < 1.29 is 13.0 Å². The molecule has 126 valence electrons. The minimum Gasteiger partial charge on any atom is -0.380 e. The van der Waals surface area contributed by atoms with Gasteiger partial charge in [-0.2, -0.15) is 13.5 Å². The summed E-state index contributed by atoms with van der Waals surface area (Å²) in [6, 6.07) is 6.95. The van der Waals surface area contributed by atoms with Gasteiger partial charge in [0.2, 0.25) is 0 Å². The molecule has 0 spiro atoms. The lowest BCUT2D eigenvalue weighted by Gasteiger charge is -2.11. The zero-order chi connectivity index (χ0) is 17.3. The number of aryl methyl sites for hydroxylation is 2. The summed E-state index contributed by atoms with van der Waals surface area (Å²) in [6.45, 7) is 2.43. The van der Waals surface area contributed by atoms with Gasteiger partial charge in [-0.1, -0.05) is 6.07 Å². The van der Waals surface area contributed by atoms with E-state index in [9.17, 15) is 8.42 Å². The fraction of sp³-hybridized carbons (Fsp3) is 0.200. The molecule has 2 heterocycles. The summed E-state index contributed by atoms with van der Waals surface area (Å²) in [4.78, 5) is 4.29. The van der Waals surface area contributed by atoms with Crippen molar-refractivity contribution in [2.45, 2.75) is 13.5 Å². The molecule has 0 saturated heterocycles. The highest BCUT2D eigenvalue weighted by molar-refractivity contribution is 7.87. The molecule has 0 saturated carbocycles. The van der Waals surface area contributed by atoms with Gasteiger partial charge in [0, 0.05) is 25.5 Å². The van der Waals surface area contributed by atoms with Crippen molar-refractivity contribution in [2.75, 3.05) is 10.0 Å². The van der Waals surface area contributed by atoms with Gasteiger partial charge < -0.3 is 5.32 Å². The molecule has 3 aromatic rings. The number of nitrogens with zero attached hydrogens (tertiary/aromatic N) is 3. The number of pyridine rings is 1. The third kappa shape index (κ3) is 3.47. The first-order chi connectivity index (χ1) is 11.3. The molecule has 9 heteroatoms. The van der Waals surface area contributed by atoms with Gasteiger partial charge in [-0.3, -0.25) is 14.0 Å². The molecule has 8 nitrogen and oxygen atoms in total. The van der Waals surface area contributed by atoms with Crippen LogP contribution in [0.5, 0.6) is 0 Å². The van der Waals surface area contributed by atoms with Gasteiger partial charge in [-0.25, -0.2) is 4.98 Å². The molecule has 0 bridgehead atoms. The molecule has 0 aliphatic heterocycles. The largest absolute Gasteiger partial charge is 0.380 e. The first-order valence-electron chi connectivity index (χ1n) is 7.19. The van der Waals surface area contributed by atoms with Crippen LogP contribution < -0.4 is 10.0 Å². The molecular weight excluding hydrogens is 330 g/mol. The van der Waals surface area contributed by atoms with Crippen molar-refractivity contribution in [2.24, 2.45) is 7.05 Å². The SMILES string of the molecule is Cc1cc(NS(=O)(=O)O)ccc1CNc1ccnc2c1cnn2C. The summed E-state index contributed by atoms with van der Waals surface area (Å²) in [5, 5.41) is 8.48. The topological polar surface area (TPSA) is 109 Å². The smallest absolute Gasteiger partial charge is 0.357 e. The van der Waals surface area contributed by atoms with Crippen LogP contribution in [0, 0.1) is 6.92 Å². The molecule has 1 aromatic carbocycles. The van der Waals surface area contributed by atoms with Crippen LogP contribution in [0.25, 0.3) is 11.0 Å². The van der Waals surface area contributed by atoms with Crippen LogP contribution in [0.1, 0.15) is 11.1 Å². The molecular formula is C15H17N5O3S. The van der Waals surface area contributed by atoms with Gasteiger partial charge in [0.05, 0.1) is 17.3 Å². The van der Waals surface area contributed by atoms with Crippen LogP contribution in [0.3, 0.4) is 0 Å². The lowest BCUT2D eigenvalue weighted by Crippen LogP contribution is -2.11. The number of aromatic nitrogens is 3. The maximum Gasteiger partial charge on any atom is 0.357 e. The normalized spacial score (nSPS) is 11.6. The fourth-order valence-electron chi connectivity index (χ4n) is 2.50. The summed E-state index contributed by atoms with van der Waals surface area (Å²) in [5.41, 5.74) is 3.94. The van der Waals surface area contributed by atoms with Crippen molar-refractivity contribution >= 4 is 32.7 Å². The highest BCUT2D eigenvalue weighted by Crippen LogP contribution is 2.22. The number of benzene rings is 1. The van der Waals surface area contributed by atoms with Gasteiger partial charge >= 0.3 is 10.3 Å². The average molecular weight is 347 g/mol. The molecule has 0 aliphatic carbocycles. The van der Waals surface area contributed by atoms with Crippen molar-refractivity contribution in [3.8, 4) is 0 Å². The fourth-order valence-corrected chi connectivity index (χ4v) is 2.92. The molecule has 24 heavy (non-hydrogen) atoms. The molecule has 3 rings (SSSR count). The van der Waals surface area contributed by atoms with Gasteiger partial charge in [0.25, 0.3) is 0 Å². The van der Waals surface area contributed by atoms with E-state index in [-0.39, 0.29) is 0 Å². The molecule has 0 fully saturated rings. The molecule has 0 radical (unpaired) electrons. The van der Waals surface area contributed by atoms with E-state index in [4.69, 9.17) is 4.55 Å². The van der Waals surface area contributed by atoms with Crippen molar-refractivity contribution in [1.82, 2.24) is 14.8 Å².